The monoisotopic (exact) mass is 468 g/mol. The summed E-state index contributed by atoms with van der Waals surface area (Å²) in [5.74, 6) is -0.352. The van der Waals surface area contributed by atoms with Gasteiger partial charge in [-0.3, -0.25) is 14.5 Å². The lowest BCUT2D eigenvalue weighted by Crippen LogP contribution is -2.49. The number of carbonyl (C=O) groups excluding carboxylic acids is 2. The molecule has 1 aromatic heterocycles. The molecule has 34 heavy (non-hydrogen) atoms. The quantitative estimate of drug-likeness (QED) is 0.508. The van der Waals surface area contributed by atoms with Crippen molar-refractivity contribution in [1.29, 1.82) is 5.26 Å². The molecule has 1 saturated heterocycles. The van der Waals surface area contributed by atoms with Crippen LogP contribution in [0.1, 0.15) is 32.7 Å². The normalized spacial score (nSPS) is 14.8. The summed E-state index contributed by atoms with van der Waals surface area (Å²) in [6, 6.07) is 13.9. The van der Waals surface area contributed by atoms with Crippen LogP contribution < -0.4 is 0 Å². The number of piperazine rings is 1. The summed E-state index contributed by atoms with van der Waals surface area (Å²) in [7, 11) is 0. The van der Waals surface area contributed by atoms with Crippen LogP contribution in [-0.2, 0) is 12.7 Å². The summed E-state index contributed by atoms with van der Waals surface area (Å²) in [5.41, 5.74) is 0.939. The Bertz CT molecular complexity index is 1230. The van der Waals surface area contributed by atoms with Crippen LogP contribution in [0.15, 0.2) is 54.7 Å². The van der Waals surface area contributed by atoms with E-state index in [0.717, 1.165) is 23.0 Å². The first-order valence-corrected chi connectivity index (χ1v) is 10.9. The van der Waals surface area contributed by atoms with Gasteiger partial charge in [0.2, 0.25) is 0 Å². The summed E-state index contributed by atoms with van der Waals surface area (Å²) >= 11 is 0. The van der Waals surface area contributed by atoms with Crippen molar-refractivity contribution in [3.05, 3.63) is 71.4 Å². The van der Waals surface area contributed by atoms with Gasteiger partial charge >= 0.3 is 6.18 Å². The van der Waals surface area contributed by atoms with E-state index >= 15 is 0 Å². The maximum atomic E-state index is 13.1. The number of Topliss-reactive ketones (excluding diaryl/α,β-unsaturated/α-hetero) is 1. The molecule has 1 aliphatic heterocycles. The van der Waals surface area contributed by atoms with Crippen molar-refractivity contribution >= 4 is 22.6 Å². The van der Waals surface area contributed by atoms with Gasteiger partial charge in [-0.05, 0) is 30.3 Å². The SMILES string of the molecule is N#CCCn1cc(C(=O)CN2CCN(C(=O)c3ccc(C(F)(F)F)cc3)CC2)c2ccccc21. The lowest BCUT2D eigenvalue weighted by atomic mass is 10.1. The van der Waals surface area contributed by atoms with Crippen molar-refractivity contribution in [2.45, 2.75) is 19.1 Å². The van der Waals surface area contributed by atoms with Gasteiger partial charge in [-0.2, -0.15) is 18.4 Å². The number of aryl methyl sites for hydroxylation is 1. The van der Waals surface area contributed by atoms with Crippen LogP contribution in [0.5, 0.6) is 0 Å². The fraction of sp³-hybridized carbons (Fsp3) is 0.320. The van der Waals surface area contributed by atoms with E-state index < -0.39 is 11.7 Å². The Kier molecular flexibility index (Phi) is 6.70. The molecule has 0 atom stereocenters. The molecule has 2 aromatic carbocycles. The number of carbonyl (C=O) groups is 2. The molecule has 9 heteroatoms. The molecule has 0 aliphatic carbocycles. The summed E-state index contributed by atoms with van der Waals surface area (Å²) in [5, 5.41) is 9.75. The molecule has 2 heterocycles. The van der Waals surface area contributed by atoms with Crippen molar-refractivity contribution in [3.8, 4) is 6.07 Å². The van der Waals surface area contributed by atoms with Gasteiger partial charge in [-0.25, -0.2) is 0 Å². The lowest BCUT2D eigenvalue weighted by molar-refractivity contribution is -0.137. The van der Waals surface area contributed by atoms with Crippen LogP contribution >= 0.6 is 0 Å². The molecule has 0 spiro atoms. The summed E-state index contributed by atoms with van der Waals surface area (Å²) in [4.78, 5) is 29.3. The molecule has 4 rings (SSSR count). The third-order valence-electron chi connectivity index (χ3n) is 6.04. The number of amides is 1. The number of aromatic nitrogens is 1. The highest BCUT2D eigenvalue weighted by molar-refractivity contribution is 6.09. The molecule has 1 fully saturated rings. The topological polar surface area (TPSA) is 69.3 Å². The Balaban J connectivity index is 1.37. The number of para-hydroxylation sites is 1. The van der Waals surface area contributed by atoms with E-state index in [1.807, 2.05) is 33.7 Å². The Labute approximate surface area is 194 Å². The number of alkyl halides is 3. The molecule has 0 bridgehead atoms. The molecule has 1 aliphatic rings. The third-order valence-corrected chi connectivity index (χ3v) is 6.04. The number of nitrogens with zero attached hydrogens (tertiary/aromatic N) is 4. The standard InChI is InChI=1S/C25H23F3N4O2/c26-25(27,28)19-8-6-18(7-9-19)24(34)31-14-12-30(13-15-31)17-23(33)21-16-32(11-3-10-29)22-5-2-1-4-20(21)22/h1-2,4-9,16H,3,11-15,17H2. The highest BCUT2D eigenvalue weighted by atomic mass is 19.4. The maximum absolute atomic E-state index is 13.1. The molecular formula is C25H23F3N4O2. The van der Waals surface area contributed by atoms with Crippen molar-refractivity contribution in [2.24, 2.45) is 0 Å². The minimum atomic E-state index is -4.44. The Morgan fingerprint density at radius 1 is 0.971 bits per heavy atom. The van der Waals surface area contributed by atoms with Gasteiger partial charge in [0.25, 0.3) is 5.91 Å². The van der Waals surface area contributed by atoms with Gasteiger partial charge in [0.1, 0.15) is 0 Å². The van der Waals surface area contributed by atoms with Crippen LogP contribution in [-0.4, -0.2) is 58.8 Å². The van der Waals surface area contributed by atoms with Crippen LogP contribution in [0.4, 0.5) is 13.2 Å². The van der Waals surface area contributed by atoms with Crippen molar-refractivity contribution in [2.75, 3.05) is 32.7 Å². The molecule has 0 radical (unpaired) electrons. The Hall–Kier alpha value is -3.64. The zero-order valence-corrected chi connectivity index (χ0v) is 18.4. The molecule has 3 aromatic rings. The molecular weight excluding hydrogens is 445 g/mol. The molecule has 1 amide bonds. The number of fused-ring (bicyclic) bond motifs is 1. The average molecular weight is 468 g/mol. The summed E-state index contributed by atoms with van der Waals surface area (Å²) in [6.07, 6.45) is -2.29. The fourth-order valence-corrected chi connectivity index (χ4v) is 4.21. The first kappa shape index (κ1) is 23.5. The summed E-state index contributed by atoms with van der Waals surface area (Å²) in [6.45, 7) is 2.47. The van der Waals surface area contributed by atoms with Crippen molar-refractivity contribution in [1.82, 2.24) is 14.4 Å². The predicted octanol–water partition coefficient (Wildman–Crippen LogP) is 4.21. The molecule has 6 nitrogen and oxygen atoms in total. The second-order valence-corrected chi connectivity index (χ2v) is 8.23. The zero-order valence-electron chi connectivity index (χ0n) is 18.4. The van der Waals surface area contributed by atoms with Gasteiger partial charge in [0.15, 0.2) is 5.78 Å². The van der Waals surface area contributed by atoms with E-state index in [1.165, 1.54) is 12.1 Å². The van der Waals surface area contributed by atoms with Gasteiger partial charge < -0.3 is 9.47 Å². The lowest BCUT2D eigenvalue weighted by Gasteiger charge is -2.34. The van der Waals surface area contributed by atoms with Gasteiger partial charge in [-0.1, -0.05) is 18.2 Å². The molecule has 0 unspecified atom stereocenters. The van der Waals surface area contributed by atoms with E-state index in [-0.39, 0.29) is 23.8 Å². The van der Waals surface area contributed by atoms with Crippen LogP contribution in [0, 0.1) is 11.3 Å². The number of nitriles is 1. The van der Waals surface area contributed by atoms with Gasteiger partial charge in [0.05, 0.1) is 24.6 Å². The van der Waals surface area contributed by atoms with E-state index in [0.29, 0.717) is 44.7 Å². The van der Waals surface area contributed by atoms with Crippen molar-refractivity contribution in [3.63, 3.8) is 0 Å². The largest absolute Gasteiger partial charge is 0.416 e. The average Bonchev–Trinajstić information content (AvgIpc) is 3.21. The number of ketones is 1. The molecule has 0 saturated carbocycles. The van der Waals surface area contributed by atoms with Crippen LogP contribution in [0.3, 0.4) is 0 Å². The highest BCUT2D eigenvalue weighted by Gasteiger charge is 2.31. The summed E-state index contributed by atoms with van der Waals surface area (Å²) < 4.78 is 40.2. The van der Waals surface area contributed by atoms with Gasteiger partial charge in [0, 0.05) is 61.0 Å². The fourth-order valence-electron chi connectivity index (χ4n) is 4.21. The second kappa shape index (κ2) is 9.69. The van der Waals surface area contributed by atoms with Crippen LogP contribution in [0.2, 0.25) is 0 Å². The van der Waals surface area contributed by atoms with E-state index in [9.17, 15) is 22.8 Å². The second-order valence-electron chi connectivity index (χ2n) is 8.23. The third kappa shape index (κ3) is 4.97. The van der Waals surface area contributed by atoms with E-state index in [4.69, 9.17) is 5.26 Å². The smallest absolute Gasteiger partial charge is 0.346 e. The maximum Gasteiger partial charge on any atom is 0.416 e. The Morgan fingerprint density at radius 2 is 1.65 bits per heavy atom. The van der Waals surface area contributed by atoms with E-state index in [1.54, 1.807) is 11.1 Å². The van der Waals surface area contributed by atoms with E-state index in [2.05, 4.69) is 6.07 Å². The molecule has 176 valence electrons. The minimum Gasteiger partial charge on any atom is -0.346 e. The van der Waals surface area contributed by atoms with Gasteiger partial charge in [-0.15, -0.1) is 0 Å². The van der Waals surface area contributed by atoms with Crippen LogP contribution in [0.25, 0.3) is 10.9 Å². The highest BCUT2D eigenvalue weighted by Crippen LogP contribution is 2.29. The number of benzene rings is 2. The number of rotatable bonds is 6. The number of halogens is 3. The van der Waals surface area contributed by atoms with Crippen molar-refractivity contribution < 1.29 is 22.8 Å². The first-order valence-electron chi connectivity index (χ1n) is 10.9. The minimum absolute atomic E-state index is 0.0329. The molecule has 0 N–H and O–H groups in total. The number of hydrogen-bond donors (Lipinski definition) is 0. The zero-order chi connectivity index (χ0) is 24.3. The first-order chi connectivity index (χ1) is 16.3. The number of hydrogen-bond acceptors (Lipinski definition) is 4. The Morgan fingerprint density at radius 3 is 2.29 bits per heavy atom. The predicted molar refractivity (Wildman–Crippen MR) is 120 cm³/mol.